The lowest BCUT2D eigenvalue weighted by Gasteiger charge is -2.03. The smallest absolute Gasteiger partial charge is 0.120 e. The molecular weight excluding hydrogens is 204 g/mol. The number of benzene rings is 1. The topological polar surface area (TPSA) is 9.23 Å². The lowest BCUT2D eigenvalue weighted by molar-refractivity contribution is 0.317. The molecule has 0 saturated heterocycles. The Hall–Kier alpha value is -1.07. The largest absolute Gasteiger partial charge is 0.494 e. The van der Waals surface area contributed by atoms with Gasteiger partial charge in [0.1, 0.15) is 5.75 Å². The van der Waals surface area contributed by atoms with E-state index in [-0.39, 0.29) is 0 Å². The van der Waals surface area contributed by atoms with E-state index in [9.17, 15) is 0 Å². The van der Waals surface area contributed by atoms with E-state index < -0.39 is 0 Å². The van der Waals surface area contributed by atoms with Crippen molar-refractivity contribution in [2.24, 2.45) is 0 Å². The second-order valence-corrected chi connectivity index (χ2v) is 3.60. The second-order valence-electron chi connectivity index (χ2n) is 3.15. The van der Waals surface area contributed by atoms with E-state index in [1.54, 1.807) is 0 Å². The van der Waals surface area contributed by atoms with E-state index in [1.807, 2.05) is 24.3 Å². The van der Waals surface area contributed by atoms with Crippen LogP contribution in [0, 0.1) is 11.8 Å². The van der Waals surface area contributed by atoms with Crippen molar-refractivity contribution in [2.75, 3.05) is 12.4 Å². The zero-order valence-corrected chi connectivity index (χ0v) is 9.89. The zero-order chi connectivity index (χ0) is 10.9. The Kier molecular flexibility index (Phi) is 5.80. The number of rotatable bonds is 4. The molecule has 0 heterocycles. The monoisotopic (exact) mass is 220 g/mol. The average molecular weight is 220 g/mol. The Morgan fingerprint density at radius 3 is 3.00 bits per heavy atom. The van der Waals surface area contributed by atoms with Crippen LogP contribution in [0.1, 0.15) is 25.3 Å². The summed E-state index contributed by atoms with van der Waals surface area (Å²) in [7, 11) is 0. The summed E-state index contributed by atoms with van der Waals surface area (Å²) in [6.07, 6.45) is 1.85. The molecule has 0 aliphatic heterocycles. The normalized spacial score (nSPS) is 9.20. The summed E-state index contributed by atoms with van der Waals surface area (Å²) < 4.78 is 5.52. The summed E-state index contributed by atoms with van der Waals surface area (Å²) in [6.45, 7) is 2.85. The molecular formula is C13H16OS. The first-order valence-corrected chi connectivity index (χ1v) is 5.82. The summed E-state index contributed by atoms with van der Waals surface area (Å²) in [4.78, 5) is 0. The molecule has 2 heteroatoms. The highest BCUT2D eigenvalue weighted by Gasteiger charge is 1.93. The second kappa shape index (κ2) is 7.25. The Morgan fingerprint density at radius 1 is 1.40 bits per heavy atom. The third kappa shape index (κ3) is 4.80. The molecule has 0 aliphatic carbocycles. The number of hydrogen-bond donors (Lipinski definition) is 1. The molecule has 80 valence electrons. The Labute approximate surface area is 97.3 Å². The van der Waals surface area contributed by atoms with Crippen molar-refractivity contribution in [3.05, 3.63) is 29.8 Å². The van der Waals surface area contributed by atoms with Crippen molar-refractivity contribution < 1.29 is 4.74 Å². The molecule has 1 nitrogen and oxygen atoms in total. The highest BCUT2D eigenvalue weighted by molar-refractivity contribution is 7.80. The lowest BCUT2D eigenvalue weighted by atomic mass is 10.2. The number of hydrogen-bond acceptors (Lipinski definition) is 2. The maximum Gasteiger partial charge on any atom is 0.120 e. The molecule has 0 amide bonds. The Balaban J connectivity index is 2.62. The highest BCUT2D eigenvalue weighted by Crippen LogP contribution is 2.12. The summed E-state index contributed by atoms with van der Waals surface area (Å²) in [6, 6.07) is 7.89. The molecule has 0 fully saturated rings. The van der Waals surface area contributed by atoms with Crippen LogP contribution in [0.5, 0.6) is 5.75 Å². The molecule has 0 N–H and O–H groups in total. The van der Waals surface area contributed by atoms with Crippen LogP contribution in [0.3, 0.4) is 0 Å². The zero-order valence-electron chi connectivity index (χ0n) is 8.99. The summed E-state index contributed by atoms with van der Waals surface area (Å²) >= 11 is 4.11. The van der Waals surface area contributed by atoms with Crippen LogP contribution in [0.15, 0.2) is 24.3 Å². The number of ether oxygens (including phenoxy) is 1. The van der Waals surface area contributed by atoms with Gasteiger partial charge in [0.15, 0.2) is 0 Å². The fraction of sp³-hybridized carbons (Fsp3) is 0.385. The summed E-state index contributed by atoms with van der Waals surface area (Å²) in [5.41, 5.74) is 1.00. The van der Waals surface area contributed by atoms with E-state index in [4.69, 9.17) is 4.74 Å². The maximum atomic E-state index is 5.52. The van der Waals surface area contributed by atoms with E-state index in [0.29, 0.717) is 0 Å². The van der Waals surface area contributed by atoms with Gasteiger partial charge in [-0.15, -0.1) is 0 Å². The molecule has 1 rings (SSSR count). The van der Waals surface area contributed by atoms with E-state index in [1.165, 1.54) is 0 Å². The lowest BCUT2D eigenvalue weighted by Crippen LogP contribution is -1.94. The molecule has 15 heavy (non-hydrogen) atoms. The molecule has 1 aromatic carbocycles. The molecule has 1 aromatic rings. The van der Waals surface area contributed by atoms with Crippen LogP contribution in [0.4, 0.5) is 0 Å². The molecule has 0 unspecified atom stereocenters. The van der Waals surface area contributed by atoms with Gasteiger partial charge in [-0.05, 0) is 24.6 Å². The SMILES string of the molecule is CCCOc1cccc(C#CCCS)c1. The Morgan fingerprint density at radius 2 is 2.27 bits per heavy atom. The minimum atomic E-state index is 0.757. The molecule has 0 aliphatic rings. The van der Waals surface area contributed by atoms with Crippen LogP contribution in [-0.4, -0.2) is 12.4 Å². The predicted octanol–water partition coefficient (Wildman–Crippen LogP) is 3.15. The van der Waals surface area contributed by atoms with Gasteiger partial charge in [-0.2, -0.15) is 12.6 Å². The Bertz CT molecular complexity index is 349. The van der Waals surface area contributed by atoms with Gasteiger partial charge in [0.05, 0.1) is 6.61 Å². The van der Waals surface area contributed by atoms with Crippen molar-refractivity contribution in [3.63, 3.8) is 0 Å². The minimum Gasteiger partial charge on any atom is -0.494 e. The van der Waals surface area contributed by atoms with Crippen molar-refractivity contribution in [3.8, 4) is 17.6 Å². The molecule has 0 saturated carbocycles. The van der Waals surface area contributed by atoms with Crippen LogP contribution in [-0.2, 0) is 0 Å². The molecule has 0 bridgehead atoms. The van der Waals surface area contributed by atoms with Gasteiger partial charge in [-0.3, -0.25) is 0 Å². The quantitative estimate of drug-likeness (QED) is 0.606. The first-order valence-electron chi connectivity index (χ1n) is 5.19. The van der Waals surface area contributed by atoms with Crippen LogP contribution in [0.25, 0.3) is 0 Å². The number of thiol groups is 1. The average Bonchev–Trinajstić information content (AvgIpc) is 2.27. The van der Waals surface area contributed by atoms with Gasteiger partial charge in [0, 0.05) is 17.7 Å². The van der Waals surface area contributed by atoms with E-state index in [2.05, 4.69) is 31.4 Å². The molecule has 0 atom stereocenters. The standard InChI is InChI=1S/C13H16OS/c1-2-9-14-13-8-5-7-12(11-13)6-3-4-10-15/h5,7-8,11,15H,2,4,9-10H2,1H3. The summed E-state index contributed by atoms with van der Waals surface area (Å²) in [5.74, 6) is 7.84. The molecule has 0 radical (unpaired) electrons. The van der Waals surface area contributed by atoms with Crippen molar-refractivity contribution >= 4 is 12.6 Å². The van der Waals surface area contributed by atoms with Gasteiger partial charge in [0.25, 0.3) is 0 Å². The molecule has 0 spiro atoms. The van der Waals surface area contributed by atoms with Crippen molar-refractivity contribution in [1.29, 1.82) is 0 Å². The van der Waals surface area contributed by atoms with Gasteiger partial charge in [-0.25, -0.2) is 0 Å². The third-order valence-corrected chi connectivity index (χ3v) is 2.00. The van der Waals surface area contributed by atoms with E-state index in [0.717, 1.165) is 36.5 Å². The minimum absolute atomic E-state index is 0.757. The predicted molar refractivity (Wildman–Crippen MR) is 67.6 cm³/mol. The highest BCUT2D eigenvalue weighted by atomic mass is 32.1. The summed E-state index contributed by atoms with van der Waals surface area (Å²) in [5, 5.41) is 0. The maximum absolute atomic E-state index is 5.52. The van der Waals surface area contributed by atoms with Crippen LogP contribution < -0.4 is 4.74 Å². The van der Waals surface area contributed by atoms with Gasteiger partial charge >= 0.3 is 0 Å². The van der Waals surface area contributed by atoms with Gasteiger partial charge in [-0.1, -0.05) is 24.8 Å². The van der Waals surface area contributed by atoms with Gasteiger partial charge < -0.3 is 4.74 Å². The fourth-order valence-electron chi connectivity index (χ4n) is 1.10. The first-order chi connectivity index (χ1) is 7.36. The third-order valence-electron chi connectivity index (χ3n) is 1.78. The van der Waals surface area contributed by atoms with Crippen LogP contribution in [0.2, 0.25) is 0 Å². The van der Waals surface area contributed by atoms with Crippen molar-refractivity contribution in [2.45, 2.75) is 19.8 Å². The first kappa shape index (κ1) is 12.0. The van der Waals surface area contributed by atoms with Crippen LogP contribution >= 0.6 is 12.6 Å². The molecule has 0 aromatic heterocycles. The van der Waals surface area contributed by atoms with Crippen molar-refractivity contribution in [1.82, 2.24) is 0 Å². The van der Waals surface area contributed by atoms with Gasteiger partial charge in [0.2, 0.25) is 0 Å². The fourth-order valence-corrected chi connectivity index (χ4v) is 1.22. The van der Waals surface area contributed by atoms with E-state index >= 15 is 0 Å².